The minimum atomic E-state index is -0.753. The third-order valence-corrected chi connectivity index (χ3v) is 1.80. The van der Waals surface area contributed by atoms with Gasteiger partial charge in [0.2, 0.25) is 0 Å². The van der Waals surface area contributed by atoms with Gasteiger partial charge >= 0.3 is 5.97 Å². The van der Waals surface area contributed by atoms with E-state index in [0.717, 1.165) is 12.8 Å². The van der Waals surface area contributed by atoms with E-state index in [-0.39, 0.29) is 12.0 Å². The normalized spacial score (nSPS) is 20.5. The molecule has 3 N–H and O–H groups in total. The molecule has 1 fully saturated rings. The van der Waals surface area contributed by atoms with Crippen LogP contribution in [0, 0.1) is 0 Å². The minimum absolute atomic E-state index is 0.0848. The molecule has 0 saturated heterocycles. The van der Waals surface area contributed by atoms with Crippen molar-refractivity contribution in [3.63, 3.8) is 0 Å². The van der Waals surface area contributed by atoms with Gasteiger partial charge in [0.1, 0.15) is 0 Å². The molecular weight excluding hydrogens is 142 g/mol. The van der Waals surface area contributed by atoms with Crippen molar-refractivity contribution in [1.29, 1.82) is 0 Å². The van der Waals surface area contributed by atoms with Crippen LogP contribution in [0.2, 0.25) is 0 Å². The van der Waals surface area contributed by atoms with Crippen molar-refractivity contribution < 1.29 is 9.90 Å². The maximum absolute atomic E-state index is 10.1. The van der Waals surface area contributed by atoms with Gasteiger partial charge in [-0.25, -0.2) is 0 Å². The Morgan fingerprint density at radius 2 is 2.27 bits per heavy atom. The standard InChI is InChI=1S/C8H13NO2/c9-8(5-6-8)4-2-1-3-7(10)11/h2,4H,1,3,5-6,9H2,(H,10,11)/b4-2+. The third-order valence-electron chi connectivity index (χ3n) is 1.80. The molecule has 0 heterocycles. The molecular formula is C8H13NO2. The summed E-state index contributed by atoms with van der Waals surface area (Å²) in [6.07, 6.45) is 6.66. The minimum Gasteiger partial charge on any atom is -0.481 e. The Morgan fingerprint density at radius 3 is 2.73 bits per heavy atom. The van der Waals surface area contributed by atoms with Crippen molar-refractivity contribution in [2.75, 3.05) is 0 Å². The van der Waals surface area contributed by atoms with Crippen LogP contribution in [-0.4, -0.2) is 16.6 Å². The van der Waals surface area contributed by atoms with Crippen LogP contribution in [0.1, 0.15) is 25.7 Å². The molecule has 1 saturated carbocycles. The van der Waals surface area contributed by atoms with E-state index >= 15 is 0 Å². The first kappa shape index (κ1) is 8.27. The van der Waals surface area contributed by atoms with Crippen LogP contribution in [-0.2, 0) is 4.79 Å². The molecule has 11 heavy (non-hydrogen) atoms. The predicted molar refractivity (Wildman–Crippen MR) is 42.2 cm³/mol. The van der Waals surface area contributed by atoms with Crippen LogP contribution >= 0.6 is 0 Å². The Bertz CT molecular complexity index is 183. The third kappa shape index (κ3) is 3.18. The molecule has 0 radical (unpaired) electrons. The Kier molecular flexibility index (Phi) is 2.29. The van der Waals surface area contributed by atoms with Gasteiger partial charge in [0.25, 0.3) is 0 Å². The lowest BCUT2D eigenvalue weighted by Gasteiger charge is -1.97. The highest BCUT2D eigenvalue weighted by atomic mass is 16.4. The quantitative estimate of drug-likeness (QED) is 0.593. The van der Waals surface area contributed by atoms with Gasteiger partial charge < -0.3 is 10.8 Å². The van der Waals surface area contributed by atoms with Crippen LogP contribution in [0.15, 0.2) is 12.2 Å². The number of hydrogen-bond acceptors (Lipinski definition) is 2. The monoisotopic (exact) mass is 155 g/mol. The topological polar surface area (TPSA) is 63.3 Å². The van der Waals surface area contributed by atoms with Gasteiger partial charge in [-0.1, -0.05) is 12.2 Å². The first-order chi connectivity index (χ1) is 5.12. The summed E-state index contributed by atoms with van der Waals surface area (Å²) in [6, 6.07) is 0. The van der Waals surface area contributed by atoms with Gasteiger partial charge in [-0.15, -0.1) is 0 Å². The summed E-state index contributed by atoms with van der Waals surface area (Å²) in [5, 5.41) is 8.29. The second-order valence-corrected chi connectivity index (χ2v) is 3.07. The highest BCUT2D eigenvalue weighted by Crippen LogP contribution is 2.33. The summed E-state index contributed by atoms with van der Waals surface area (Å²) in [6.45, 7) is 0. The first-order valence-electron chi connectivity index (χ1n) is 3.81. The number of carboxylic acid groups (broad SMARTS) is 1. The first-order valence-corrected chi connectivity index (χ1v) is 3.81. The van der Waals surface area contributed by atoms with Crippen molar-refractivity contribution in [3.8, 4) is 0 Å². The average molecular weight is 155 g/mol. The molecule has 62 valence electrons. The lowest BCUT2D eigenvalue weighted by Crippen LogP contribution is -2.17. The largest absolute Gasteiger partial charge is 0.481 e. The second kappa shape index (κ2) is 3.05. The molecule has 0 unspecified atom stereocenters. The maximum atomic E-state index is 10.1. The summed E-state index contributed by atoms with van der Waals surface area (Å²) in [5.41, 5.74) is 5.64. The van der Waals surface area contributed by atoms with Crippen molar-refractivity contribution in [2.24, 2.45) is 5.73 Å². The highest BCUT2D eigenvalue weighted by molar-refractivity contribution is 5.66. The highest BCUT2D eigenvalue weighted by Gasteiger charge is 2.34. The van der Waals surface area contributed by atoms with Gasteiger partial charge in [-0.05, 0) is 19.3 Å². The zero-order valence-electron chi connectivity index (χ0n) is 6.42. The number of carbonyl (C=O) groups is 1. The number of hydrogen-bond donors (Lipinski definition) is 2. The van der Waals surface area contributed by atoms with E-state index in [1.165, 1.54) is 0 Å². The van der Waals surface area contributed by atoms with Crippen LogP contribution < -0.4 is 5.73 Å². The molecule has 1 aliphatic carbocycles. The molecule has 1 aliphatic rings. The van der Waals surface area contributed by atoms with Crippen LogP contribution in [0.3, 0.4) is 0 Å². The summed E-state index contributed by atoms with van der Waals surface area (Å²) < 4.78 is 0. The maximum Gasteiger partial charge on any atom is 0.303 e. The molecule has 0 aromatic carbocycles. The van der Waals surface area contributed by atoms with Gasteiger partial charge in [0, 0.05) is 12.0 Å². The fourth-order valence-electron chi connectivity index (χ4n) is 0.836. The summed E-state index contributed by atoms with van der Waals surface area (Å²) in [4.78, 5) is 10.1. The van der Waals surface area contributed by atoms with E-state index in [2.05, 4.69) is 0 Å². The Labute approximate surface area is 65.9 Å². The van der Waals surface area contributed by atoms with Crippen molar-refractivity contribution in [3.05, 3.63) is 12.2 Å². The molecule has 0 amide bonds. The summed E-state index contributed by atoms with van der Waals surface area (Å²) in [7, 11) is 0. The van der Waals surface area contributed by atoms with E-state index in [0.29, 0.717) is 6.42 Å². The van der Waals surface area contributed by atoms with Gasteiger partial charge in [0.05, 0.1) is 0 Å². The van der Waals surface area contributed by atoms with Crippen molar-refractivity contribution in [1.82, 2.24) is 0 Å². The molecule has 0 aliphatic heterocycles. The van der Waals surface area contributed by atoms with E-state index in [1.54, 1.807) is 0 Å². The molecule has 0 spiro atoms. The van der Waals surface area contributed by atoms with Gasteiger partial charge in [0.15, 0.2) is 0 Å². The van der Waals surface area contributed by atoms with E-state index in [4.69, 9.17) is 10.8 Å². The molecule has 0 aromatic rings. The van der Waals surface area contributed by atoms with Gasteiger partial charge in [-0.3, -0.25) is 4.79 Å². The summed E-state index contributed by atoms with van der Waals surface area (Å²) >= 11 is 0. The Balaban J connectivity index is 2.11. The molecule has 0 atom stereocenters. The van der Waals surface area contributed by atoms with Crippen molar-refractivity contribution in [2.45, 2.75) is 31.2 Å². The molecule has 0 aromatic heterocycles. The number of nitrogens with two attached hydrogens (primary N) is 1. The zero-order valence-corrected chi connectivity index (χ0v) is 6.42. The Morgan fingerprint density at radius 1 is 1.64 bits per heavy atom. The zero-order chi connectivity index (χ0) is 8.32. The lowest BCUT2D eigenvalue weighted by molar-refractivity contribution is -0.136. The molecule has 3 heteroatoms. The number of rotatable bonds is 4. The molecule has 3 nitrogen and oxygen atoms in total. The number of allylic oxidation sites excluding steroid dienone is 1. The van der Waals surface area contributed by atoms with E-state index in [1.807, 2.05) is 12.2 Å². The number of carboxylic acids is 1. The predicted octanol–water partition coefficient (Wildman–Crippen LogP) is 0.899. The molecule has 0 bridgehead atoms. The lowest BCUT2D eigenvalue weighted by atomic mass is 10.2. The number of aliphatic carboxylic acids is 1. The van der Waals surface area contributed by atoms with Crippen molar-refractivity contribution >= 4 is 5.97 Å². The second-order valence-electron chi connectivity index (χ2n) is 3.07. The SMILES string of the molecule is NC1(/C=C/CCC(=O)O)CC1. The fraction of sp³-hybridized carbons (Fsp3) is 0.625. The summed E-state index contributed by atoms with van der Waals surface area (Å²) in [5.74, 6) is -0.753. The average Bonchev–Trinajstić information content (AvgIpc) is 2.62. The van der Waals surface area contributed by atoms with E-state index in [9.17, 15) is 4.79 Å². The molecule has 1 rings (SSSR count). The smallest absolute Gasteiger partial charge is 0.303 e. The van der Waals surface area contributed by atoms with Gasteiger partial charge in [-0.2, -0.15) is 0 Å². The van der Waals surface area contributed by atoms with Crippen LogP contribution in [0.5, 0.6) is 0 Å². The van der Waals surface area contributed by atoms with E-state index < -0.39 is 5.97 Å². The van der Waals surface area contributed by atoms with Crippen LogP contribution in [0.25, 0.3) is 0 Å². The Hall–Kier alpha value is -0.830. The van der Waals surface area contributed by atoms with Crippen LogP contribution in [0.4, 0.5) is 0 Å². The fourth-order valence-corrected chi connectivity index (χ4v) is 0.836.